The molecule has 146 valence electrons. The highest BCUT2D eigenvalue weighted by Gasteiger charge is 2.12. The van der Waals surface area contributed by atoms with Crippen LogP contribution in [-0.4, -0.2) is 32.0 Å². The predicted octanol–water partition coefficient (Wildman–Crippen LogP) is 4.42. The Morgan fingerprint density at radius 1 is 1.07 bits per heavy atom. The number of nitrogens with zero attached hydrogens (tertiary/aromatic N) is 2. The van der Waals surface area contributed by atoms with Crippen molar-refractivity contribution in [3.63, 3.8) is 0 Å². The first kappa shape index (κ1) is 20.0. The van der Waals surface area contributed by atoms with Crippen molar-refractivity contribution in [2.24, 2.45) is 0 Å². The highest BCUT2D eigenvalue weighted by Crippen LogP contribution is 2.30. The molecule has 0 bridgehead atoms. The molecule has 5 heteroatoms. The van der Waals surface area contributed by atoms with Crippen molar-refractivity contribution in [1.82, 2.24) is 4.90 Å². The van der Waals surface area contributed by atoms with Gasteiger partial charge in [0.2, 0.25) is 0 Å². The van der Waals surface area contributed by atoms with Crippen molar-refractivity contribution < 1.29 is 14.3 Å². The first-order chi connectivity index (χ1) is 14.0. The Morgan fingerprint density at radius 3 is 2.55 bits per heavy atom. The molecular formula is C24H22N2O3. The van der Waals surface area contributed by atoms with Crippen LogP contribution in [0.25, 0.3) is 16.8 Å². The van der Waals surface area contributed by atoms with E-state index in [1.807, 2.05) is 30.3 Å². The van der Waals surface area contributed by atoms with Gasteiger partial charge in [-0.15, -0.1) is 0 Å². The number of likely N-dealkylation sites (N-methyl/N-ethyl adjacent to an activating group) is 1. The maximum absolute atomic E-state index is 12.0. The number of rotatable bonds is 6. The standard InChI is InChI=1S/C24H22N2O3/c1-26(2)24(27)20(15-25)13-17-11-12-22(23(14-17)28-3)29-16-19-9-6-8-18-7-4-5-10-21(18)19/h4-14H,16H2,1-3H3/b20-13-. The minimum absolute atomic E-state index is 0.0569. The number of hydrogen-bond donors (Lipinski definition) is 0. The van der Waals surface area contributed by atoms with Crippen molar-refractivity contribution in [3.05, 3.63) is 77.4 Å². The van der Waals surface area contributed by atoms with Crippen LogP contribution in [0.3, 0.4) is 0 Å². The molecule has 0 aliphatic rings. The van der Waals surface area contributed by atoms with Crippen molar-refractivity contribution in [1.29, 1.82) is 5.26 Å². The Balaban J connectivity index is 1.84. The van der Waals surface area contributed by atoms with Crippen molar-refractivity contribution in [2.45, 2.75) is 6.61 Å². The number of methoxy groups -OCH3 is 1. The van der Waals surface area contributed by atoms with E-state index in [1.54, 1.807) is 45.5 Å². The number of ether oxygens (including phenoxy) is 2. The van der Waals surface area contributed by atoms with Crippen molar-refractivity contribution in [3.8, 4) is 17.6 Å². The van der Waals surface area contributed by atoms with Crippen LogP contribution < -0.4 is 9.47 Å². The molecule has 0 radical (unpaired) electrons. The van der Waals surface area contributed by atoms with Gasteiger partial charge in [0.25, 0.3) is 5.91 Å². The van der Waals surface area contributed by atoms with Gasteiger partial charge in [0.1, 0.15) is 18.2 Å². The first-order valence-corrected chi connectivity index (χ1v) is 9.14. The summed E-state index contributed by atoms with van der Waals surface area (Å²) in [4.78, 5) is 13.4. The van der Waals surface area contributed by atoms with E-state index in [1.165, 1.54) is 4.90 Å². The SMILES string of the molecule is COc1cc(/C=C(/C#N)C(=O)N(C)C)ccc1OCc1cccc2ccccc12. The van der Waals surface area contributed by atoms with Gasteiger partial charge in [-0.2, -0.15) is 5.26 Å². The van der Waals surface area contributed by atoms with Gasteiger partial charge in [0.05, 0.1) is 7.11 Å². The number of fused-ring (bicyclic) bond motifs is 1. The number of hydrogen-bond acceptors (Lipinski definition) is 4. The molecule has 0 atom stereocenters. The van der Waals surface area contributed by atoms with E-state index in [-0.39, 0.29) is 11.5 Å². The number of amides is 1. The quantitative estimate of drug-likeness (QED) is 0.465. The molecule has 0 saturated heterocycles. The molecule has 5 nitrogen and oxygen atoms in total. The lowest BCUT2D eigenvalue weighted by Crippen LogP contribution is -2.22. The van der Waals surface area contributed by atoms with Crippen LogP contribution in [0.1, 0.15) is 11.1 Å². The van der Waals surface area contributed by atoms with Gasteiger partial charge in [0, 0.05) is 14.1 Å². The third kappa shape index (κ3) is 4.56. The third-order valence-corrected chi connectivity index (χ3v) is 4.52. The lowest BCUT2D eigenvalue weighted by molar-refractivity contribution is -0.124. The van der Waals surface area contributed by atoms with Crippen LogP contribution in [0, 0.1) is 11.3 Å². The Morgan fingerprint density at radius 2 is 1.83 bits per heavy atom. The second kappa shape index (κ2) is 8.94. The van der Waals surface area contributed by atoms with Crippen molar-refractivity contribution >= 4 is 22.8 Å². The van der Waals surface area contributed by atoms with Crippen LogP contribution in [0.4, 0.5) is 0 Å². The van der Waals surface area contributed by atoms with E-state index in [2.05, 4.69) is 18.2 Å². The zero-order valence-corrected chi connectivity index (χ0v) is 16.7. The topological polar surface area (TPSA) is 62.6 Å². The lowest BCUT2D eigenvalue weighted by atomic mass is 10.1. The van der Waals surface area contributed by atoms with E-state index in [9.17, 15) is 10.1 Å². The van der Waals surface area contributed by atoms with E-state index in [0.29, 0.717) is 23.7 Å². The Labute approximate surface area is 170 Å². The van der Waals surface area contributed by atoms with Crippen LogP contribution in [-0.2, 0) is 11.4 Å². The molecule has 0 heterocycles. The van der Waals surface area contributed by atoms with Gasteiger partial charge < -0.3 is 14.4 Å². The van der Waals surface area contributed by atoms with E-state index < -0.39 is 0 Å². The van der Waals surface area contributed by atoms with E-state index >= 15 is 0 Å². The molecule has 29 heavy (non-hydrogen) atoms. The molecule has 0 saturated carbocycles. The highest BCUT2D eigenvalue weighted by atomic mass is 16.5. The second-order valence-electron chi connectivity index (χ2n) is 6.71. The Kier molecular flexibility index (Phi) is 6.16. The molecule has 0 fully saturated rings. The summed E-state index contributed by atoms with van der Waals surface area (Å²) in [6.45, 7) is 0.398. The molecule has 0 aromatic heterocycles. The summed E-state index contributed by atoms with van der Waals surface area (Å²) in [5.74, 6) is 0.784. The Hall–Kier alpha value is -3.78. The summed E-state index contributed by atoms with van der Waals surface area (Å²) in [6, 6.07) is 21.6. The summed E-state index contributed by atoms with van der Waals surface area (Å²) in [7, 11) is 4.78. The normalized spacial score (nSPS) is 11.0. The van der Waals surface area contributed by atoms with Gasteiger partial charge in [0.15, 0.2) is 11.5 Å². The number of benzene rings is 3. The van der Waals surface area contributed by atoms with Gasteiger partial charge >= 0.3 is 0 Å². The van der Waals surface area contributed by atoms with Gasteiger partial charge in [-0.05, 0) is 40.1 Å². The minimum Gasteiger partial charge on any atom is -0.493 e. The first-order valence-electron chi connectivity index (χ1n) is 9.14. The number of carbonyl (C=O) groups is 1. The number of nitriles is 1. The fourth-order valence-electron chi connectivity index (χ4n) is 3.02. The highest BCUT2D eigenvalue weighted by molar-refractivity contribution is 6.01. The smallest absolute Gasteiger partial charge is 0.264 e. The molecule has 3 rings (SSSR count). The monoisotopic (exact) mass is 386 g/mol. The minimum atomic E-state index is -0.345. The molecule has 3 aromatic rings. The molecule has 0 spiro atoms. The summed E-state index contributed by atoms with van der Waals surface area (Å²) in [6.07, 6.45) is 1.54. The largest absolute Gasteiger partial charge is 0.493 e. The van der Waals surface area contributed by atoms with Crippen LogP contribution in [0.15, 0.2) is 66.2 Å². The van der Waals surface area contributed by atoms with Crippen molar-refractivity contribution in [2.75, 3.05) is 21.2 Å². The van der Waals surface area contributed by atoms with Gasteiger partial charge in [-0.25, -0.2) is 0 Å². The summed E-state index contributed by atoms with van der Waals surface area (Å²) < 4.78 is 11.5. The molecular weight excluding hydrogens is 364 g/mol. The molecule has 0 N–H and O–H groups in total. The summed E-state index contributed by atoms with van der Waals surface area (Å²) >= 11 is 0. The fraction of sp³-hybridized carbons (Fsp3) is 0.167. The average Bonchev–Trinajstić information content (AvgIpc) is 2.75. The van der Waals surface area contributed by atoms with Gasteiger partial charge in [-0.1, -0.05) is 48.5 Å². The predicted molar refractivity (Wildman–Crippen MR) is 114 cm³/mol. The van der Waals surface area contributed by atoms with E-state index in [4.69, 9.17) is 9.47 Å². The summed E-state index contributed by atoms with van der Waals surface area (Å²) in [5.41, 5.74) is 1.82. The maximum atomic E-state index is 12.0. The van der Waals surface area contributed by atoms with Gasteiger partial charge in [-0.3, -0.25) is 4.79 Å². The fourth-order valence-corrected chi connectivity index (χ4v) is 3.02. The lowest BCUT2D eigenvalue weighted by Gasteiger charge is -2.13. The molecule has 1 amide bonds. The molecule has 3 aromatic carbocycles. The molecule has 0 aliphatic carbocycles. The zero-order valence-electron chi connectivity index (χ0n) is 16.7. The number of carbonyl (C=O) groups excluding carboxylic acids is 1. The van der Waals surface area contributed by atoms with E-state index in [0.717, 1.165) is 16.3 Å². The average molecular weight is 386 g/mol. The molecule has 0 aliphatic heterocycles. The van der Waals surface area contributed by atoms with Crippen LogP contribution in [0.2, 0.25) is 0 Å². The summed E-state index contributed by atoms with van der Waals surface area (Å²) in [5, 5.41) is 11.6. The maximum Gasteiger partial charge on any atom is 0.264 e. The third-order valence-electron chi connectivity index (χ3n) is 4.52. The molecule has 0 unspecified atom stereocenters. The van der Waals surface area contributed by atoms with Crippen LogP contribution in [0.5, 0.6) is 11.5 Å². The van der Waals surface area contributed by atoms with Crippen LogP contribution >= 0.6 is 0 Å². The Bertz CT molecular complexity index is 1110. The second-order valence-corrected chi connectivity index (χ2v) is 6.71. The zero-order chi connectivity index (χ0) is 20.8.